The van der Waals surface area contributed by atoms with Gasteiger partial charge in [-0.2, -0.15) is 0 Å². The maximum atomic E-state index is 12.5. The number of phenols is 1. The maximum Gasteiger partial charge on any atom is 0.339 e. The fraction of sp³-hybridized carbons (Fsp3) is 0.150. The van der Waals surface area contributed by atoms with Gasteiger partial charge in [0.25, 0.3) is 0 Å². The van der Waals surface area contributed by atoms with E-state index in [0.717, 1.165) is 16.2 Å². The molecule has 32 heavy (non-hydrogen) atoms. The van der Waals surface area contributed by atoms with Crippen LogP contribution in [0.5, 0.6) is 5.75 Å². The van der Waals surface area contributed by atoms with Crippen LogP contribution in [-0.4, -0.2) is 58.1 Å². The number of amides is 1. The molecule has 166 valence electrons. The van der Waals surface area contributed by atoms with Crippen molar-refractivity contribution in [3.05, 3.63) is 52.0 Å². The Morgan fingerprint density at radius 2 is 1.88 bits per heavy atom. The third kappa shape index (κ3) is 5.45. The van der Waals surface area contributed by atoms with Crippen LogP contribution < -0.4 is 5.32 Å². The minimum absolute atomic E-state index is 0.0273. The molecule has 0 radical (unpaired) electrons. The molecule has 1 heterocycles. The first-order valence-electron chi connectivity index (χ1n) is 8.97. The number of rotatable bonds is 7. The summed E-state index contributed by atoms with van der Waals surface area (Å²) in [5.41, 5.74) is 0.810. The number of H-pyrrole nitrogens is 1. The molecule has 10 nitrogen and oxygen atoms in total. The van der Waals surface area contributed by atoms with Gasteiger partial charge >= 0.3 is 11.9 Å². The summed E-state index contributed by atoms with van der Waals surface area (Å²) in [4.78, 5) is 40.5. The summed E-state index contributed by atoms with van der Waals surface area (Å²) in [5, 5.41) is 19.6. The van der Waals surface area contributed by atoms with E-state index >= 15 is 0 Å². The maximum absolute atomic E-state index is 12.5. The van der Waals surface area contributed by atoms with E-state index in [9.17, 15) is 19.5 Å². The van der Waals surface area contributed by atoms with Gasteiger partial charge in [-0.05, 0) is 36.4 Å². The molecule has 3 aromatic rings. The van der Waals surface area contributed by atoms with Crippen LogP contribution in [0, 0.1) is 0 Å². The van der Waals surface area contributed by atoms with E-state index in [1.807, 2.05) is 0 Å². The van der Waals surface area contributed by atoms with Crippen LogP contribution in [0.25, 0.3) is 11.4 Å². The van der Waals surface area contributed by atoms with Crippen molar-refractivity contribution in [2.75, 3.05) is 25.3 Å². The Kier molecular flexibility index (Phi) is 7.49. The second kappa shape index (κ2) is 10.3. The fourth-order valence-electron chi connectivity index (χ4n) is 2.63. The van der Waals surface area contributed by atoms with Crippen molar-refractivity contribution in [3.63, 3.8) is 0 Å². The number of aromatic hydroxyl groups is 1. The summed E-state index contributed by atoms with van der Waals surface area (Å²) in [6, 6.07) is 8.99. The van der Waals surface area contributed by atoms with E-state index < -0.39 is 17.8 Å². The topological polar surface area (TPSA) is 144 Å². The van der Waals surface area contributed by atoms with Gasteiger partial charge < -0.3 is 19.9 Å². The van der Waals surface area contributed by atoms with Gasteiger partial charge in [0, 0.05) is 4.47 Å². The second-order valence-corrected chi connectivity index (χ2v) is 8.07. The molecule has 12 heteroatoms. The number of hydrogen-bond acceptors (Lipinski definition) is 9. The number of aromatic amines is 1. The Labute approximate surface area is 194 Å². The molecule has 0 spiro atoms. The Hall–Kier alpha value is -3.38. The summed E-state index contributed by atoms with van der Waals surface area (Å²) < 4.78 is 10.1. The van der Waals surface area contributed by atoms with Gasteiger partial charge in [0.1, 0.15) is 5.75 Å². The van der Waals surface area contributed by atoms with Crippen molar-refractivity contribution >= 4 is 51.2 Å². The summed E-state index contributed by atoms with van der Waals surface area (Å²) >= 11 is 4.37. The van der Waals surface area contributed by atoms with Gasteiger partial charge in [-0.15, -0.1) is 5.10 Å². The Morgan fingerprint density at radius 1 is 1.12 bits per heavy atom. The van der Waals surface area contributed by atoms with Crippen molar-refractivity contribution in [2.24, 2.45) is 0 Å². The molecule has 3 rings (SSSR count). The molecule has 2 aromatic carbocycles. The summed E-state index contributed by atoms with van der Waals surface area (Å²) in [7, 11) is 2.44. The van der Waals surface area contributed by atoms with E-state index in [1.165, 1.54) is 38.5 Å². The van der Waals surface area contributed by atoms with Crippen LogP contribution in [0.1, 0.15) is 20.7 Å². The third-order valence-electron chi connectivity index (χ3n) is 4.13. The zero-order valence-electron chi connectivity index (χ0n) is 16.8. The SMILES string of the molecule is COC(=O)c1ccc(C(=O)OC)c(NC(=O)CSc2n[nH]c(-c3cc(Br)ccc3O)n2)c1. The van der Waals surface area contributed by atoms with E-state index in [4.69, 9.17) is 4.74 Å². The number of methoxy groups -OCH3 is 2. The molecular weight excluding hydrogens is 504 g/mol. The van der Waals surface area contributed by atoms with Gasteiger partial charge in [0.2, 0.25) is 11.1 Å². The summed E-state index contributed by atoms with van der Waals surface area (Å²) in [6.07, 6.45) is 0. The van der Waals surface area contributed by atoms with Crippen LogP contribution in [0.2, 0.25) is 0 Å². The molecule has 0 atom stereocenters. The second-order valence-electron chi connectivity index (χ2n) is 6.21. The van der Waals surface area contributed by atoms with Crippen molar-refractivity contribution in [2.45, 2.75) is 5.16 Å². The predicted octanol–water partition coefficient (Wildman–Crippen LogP) is 3.24. The highest BCUT2D eigenvalue weighted by atomic mass is 79.9. The third-order valence-corrected chi connectivity index (χ3v) is 5.47. The van der Waals surface area contributed by atoms with E-state index in [0.29, 0.717) is 11.4 Å². The lowest BCUT2D eigenvalue weighted by atomic mass is 10.1. The van der Waals surface area contributed by atoms with Gasteiger partial charge in [-0.3, -0.25) is 9.89 Å². The zero-order valence-corrected chi connectivity index (χ0v) is 19.2. The number of halogens is 1. The molecule has 0 aliphatic heterocycles. The smallest absolute Gasteiger partial charge is 0.339 e. The molecule has 0 unspecified atom stereocenters. The van der Waals surface area contributed by atoms with Gasteiger partial charge in [-0.1, -0.05) is 27.7 Å². The van der Waals surface area contributed by atoms with Crippen LogP contribution in [0.3, 0.4) is 0 Å². The summed E-state index contributed by atoms with van der Waals surface area (Å²) in [5.74, 6) is -1.46. The average Bonchev–Trinajstić information content (AvgIpc) is 3.27. The standard InChI is InChI=1S/C20H17BrN4O6S/c1-30-18(28)10-3-5-12(19(29)31-2)14(7-10)22-16(27)9-32-20-23-17(24-25-20)13-8-11(21)4-6-15(13)26/h3-8,26H,9H2,1-2H3,(H,22,27)(H,23,24,25). The number of aromatic nitrogens is 3. The first-order valence-corrected chi connectivity index (χ1v) is 10.7. The number of phenolic OH excluding ortho intramolecular Hbond substituents is 1. The van der Waals surface area contributed by atoms with E-state index in [-0.39, 0.29) is 33.5 Å². The van der Waals surface area contributed by atoms with Crippen molar-refractivity contribution < 1.29 is 29.0 Å². The first-order chi connectivity index (χ1) is 15.3. The Morgan fingerprint density at radius 3 is 2.59 bits per heavy atom. The molecule has 3 N–H and O–H groups in total. The molecule has 1 aromatic heterocycles. The molecular formula is C20H17BrN4O6S. The predicted molar refractivity (Wildman–Crippen MR) is 120 cm³/mol. The lowest BCUT2D eigenvalue weighted by Gasteiger charge is -2.11. The molecule has 0 aliphatic rings. The zero-order chi connectivity index (χ0) is 23.3. The number of nitrogens with zero attached hydrogens (tertiary/aromatic N) is 2. The van der Waals surface area contributed by atoms with Crippen molar-refractivity contribution in [1.29, 1.82) is 0 Å². The van der Waals surface area contributed by atoms with Gasteiger partial charge in [0.15, 0.2) is 5.82 Å². The van der Waals surface area contributed by atoms with E-state index in [2.05, 4.69) is 41.2 Å². The van der Waals surface area contributed by atoms with Crippen LogP contribution in [-0.2, 0) is 14.3 Å². The number of anilines is 1. The van der Waals surface area contributed by atoms with Gasteiger partial charge in [-0.25, -0.2) is 14.6 Å². The Bertz CT molecular complexity index is 1180. The van der Waals surface area contributed by atoms with Crippen molar-refractivity contribution in [1.82, 2.24) is 15.2 Å². The number of nitrogens with one attached hydrogen (secondary N) is 2. The first kappa shape index (κ1) is 23.3. The molecule has 0 aliphatic carbocycles. The minimum atomic E-state index is -0.670. The van der Waals surface area contributed by atoms with Crippen LogP contribution >= 0.6 is 27.7 Å². The highest BCUT2D eigenvalue weighted by Crippen LogP contribution is 2.30. The van der Waals surface area contributed by atoms with Crippen LogP contribution in [0.15, 0.2) is 46.0 Å². The molecule has 0 saturated heterocycles. The van der Waals surface area contributed by atoms with Crippen molar-refractivity contribution in [3.8, 4) is 17.1 Å². The highest BCUT2D eigenvalue weighted by Gasteiger charge is 2.18. The number of benzene rings is 2. The number of esters is 2. The number of carbonyl (C=O) groups excluding carboxylic acids is 3. The Balaban J connectivity index is 1.71. The highest BCUT2D eigenvalue weighted by molar-refractivity contribution is 9.10. The molecule has 1 amide bonds. The van der Waals surface area contributed by atoms with Crippen LogP contribution in [0.4, 0.5) is 5.69 Å². The number of ether oxygens (including phenoxy) is 2. The summed E-state index contributed by atoms with van der Waals surface area (Å²) in [6.45, 7) is 0. The normalized spacial score (nSPS) is 10.5. The van der Waals surface area contributed by atoms with E-state index in [1.54, 1.807) is 12.1 Å². The average molecular weight is 521 g/mol. The van der Waals surface area contributed by atoms with Gasteiger partial charge in [0.05, 0.1) is 42.4 Å². The quantitative estimate of drug-likeness (QED) is 0.315. The molecule has 0 bridgehead atoms. The molecule has 0 saturated carbocycles. The largest absolute Gasteiger partial charge is 0.507 e. The number of hydrogen-bond donors (Lipinski definition) is 3. The lowest BCUT2D eigenvalue weighted by Crippen LogP contribution is -2.18. The number of carbonyl (C=O) groups is 3. The fourth-order valence-corrected chi connectivity index (χ4v) is 3.59. The number of thioether (sulfide) groups is 1. The molecule has 0 fully saturated rings. The lowest BCUT2D eigenvalue weighted by molar-refractivity contribution is -0.113. The minimum Gasteiger partial charge on any atom is -0.507 e. The monoisotopic (exact) mass is 520 g/mol.